The molecular weight excluding hydrogens is 561 g/mol. The lowest BCUT2D eigenvalue weighted by molar-refractivity contribution is -0.00546. The van der Waals surface area contributed by atoms with Crippen molar-refractivity contribution in [3.05, 3.63) is 77.4 Å². The highest BCUT2D eigenvalue weighted by Crippen LogP contribution is 2.27. The second-order valence-electron chi connectivity index (χ2n) is 10.6. The monoisotopic (exact) mass is 591 g/mol. The molecule has 42 heavy (non-hydrogen) atoms. The molecule has 1 saturated heterocycles. The van der Waals surface area contributed by atoms with E-state index in [-0.39, 0.29) is 53.9 Å². The predicted octanol–water partition coefficient (Wildman–Crippen LogP) is 3.68. The number of morpholine rings is 1. The van der Waals surface area contributed by atoms with Gasteiger partial charge in [-0.1, -0.05) is 6.07 Å². The van der Waals surface area contributed by atoms with Crippen LogP contribution in [-0.2, 0) is 32.5 Å². The molecule has 12 heteroatoms. The van der Waals surface area contributed by atoms with E-state index in [4.69, 9.17) is 9.47 Å². The van der Waals surface area contributed by atoms with Crippen molar-refractivity contribution >= 4 is 32.5 Å². The molecule has 1 amide bonds. The Bertz CT molecular complexity index is 1770. The van der Waals surface area contributed by atoms with E-state index in [2.05, 4.69) is 25.2 Å². The topological polar surface area (TPSA) is 124 Å². The fraction of sp³-hybridized carbons (Fsp3) is 0.333. The summed E-state index contributed by atoms with van der Waals surface area (Å²) in [5.41, 5.74) is 2.40. The Labute approximate surface area is 242 Å². The zero-order valence-electron chi connectivity index (χ0n) is 23.2. The summed E-state index contributed by atoms with van der Waals surface area (Å²) < 4.78 is 51.3. The molecule has 1 N–H and O–H groups in total. The average molecular weight is 592 g/mol. The maximum absolute atomic E-state index is 15.0. The third-order valence-corrected chi connectivity index (χ3v) is 9.05. The van der Waals surface area contributed by atoms with Gasteiger partial charge in [0.1, 0.15) is 11.5 Å². The van der Waals surface area contributed by atoms with E-state index in [1.807, 2.05) is 13.8 Å². The number of sulfone groups is 1. The molecule has 0 aliphatic carbocycles. The van der Waals surface area contributed by atoms with Gasteiger partial charge in [0.25, 0.3) is 5.91 Å². The van der Waals surface area contributed by atoms with Crippen LogP contribution < -0.4 is 10.2 Å². The summed E-state index contributed by atoms with van der Waals surface area (Å²) in [6.45, 7) is 5.70. The first-order chi connectivity index (χ1) is 20.2. The first-order valence-corrected chi connectivity index (χ1v) is 15.4. The summed E-state index contributed by atoms with van der Waals surface area (Å²) in [5.74, 6) is -0.379. The van der Waals surface area contributed by atoms with Gasteiger partial charge in [-0.15, -0.1) is 0 Å². The minimum atomic E-state index is -3.54. The number of carbonyl (C=O) groups is 1. The number of nitrogens with zero attached hydrogens (tertiary/aromatic N) is 4. The van der Waals surface area contributed by atoms with E-state index >= 15 is 0 Å². The Kier molecular flexibility index (Phi) is 7.60. The van der Waals surface area contributed by atoms with Crippen LogP contribution in [0.25, 0.3) is 22.3 Å². The molecular formula is C30H30FN5O5S. The van der Waals surface area contributed by atoms with E-state index in [1.54, 1.807) is 42.6 Å². The van der Waals surface area contributed by atoms with Crippen molar-refractivity contribution in [1.29, 1.82) is 0 Å². The van der Waals surface area contributed by atoms with Crippen molar-refractivity contribution in [2.75, 3.05) is 30.3 Å². The molecule has 2 aliphatic rings. The molecule has 218 valence electrons. The zero-order chi connectivity index (χ0) is 29.4. The first-order valence-electron chi connectivity index (χ1n) is 13.7. The lowest BCUT2D eigenvalue weighted by atomic mass is 10.1. The first kappa shape index (κ1) is 28.1. The molecule has 0 unspecified atom stereocenters. The summed E-state index contributed by atoms with van der Waals surface area (Å²) in [6.07, 6.45) is 1.71. The van der Waals surface area contributed by atoms with Crippen LogP contribution in [0.3, 0.4) is 0 Å². The van der Waals surface area contributed by atoms with E-state index in [0.717, 1.165) is 5.39 Å². The van der Waals surface area contributed by atoms with Crippen LogP contribution in [0.4, 0.5) is 10.2 Å². The van der Waals surface area contributed by atoms with Gasteiger partial charge in [0, 0.05) is 30.2 Å². The number of benzene rings is 1. The van der Waals surface area contributed by atoms with Crippen molar-refractivity contribution in [1.82, 2.24) is 20.3 Å². The molecule has 0 radical (unpaired) electrons. The minimum Gasteiger partial charge on any atom is -0.376 e. The summed E-state index contributed by atoms with van der Waals surface area (Å²) in [4.78, 5) is 28.8. The van der Waals surface area contributed by atoms with Gasteiger partial charge in [-0.05, 0) is 61.9 Å². The highest BCUT2D eigenvalue weighted by Gasteiger charge is 2.25. The van der Waals surface area contributed by atoms with E-state index < -0.39 is 21.6 Å². The Balaban J connectivity index is 1.21. The average Bonchev–Trinajstić information content (AvgIpc) is 3.12. The zero-order valence-corrected chi connectivity index (χ0v) is 24.0. The molecule has 3 aromatic heterocycles. The van der Waals surface area contributed by atoms with Gasteiger partial charge in [-0.2, -0.15) is 0 Å². The van der Waals surface area contributed by atoms with Gasteiger partial charge in [-0.25, -0.2) is 22.8 Å². The molecule has 10 nitrogen and oxygen atoms in total. The third-order valence-electron chi connectivity index (χ3n) is 7.30. The molecule has 5 heterocycles. The molecule has 0 bridgehead atoms. The second kappa shape index (κ2) is 11.3. The fourth-order valence-corrected chi connectivity index (χ4v) is 6.67. The van der Waals surface area contributed by atoms with E-state index in [0.29, 0.717) is 41.4 Å². The van der Waals surface area contributed by atoms with Crippen molar-refractivity contribution in [2.45, 2.75) is 44.1 Å². The van der Waals surface area contributed by atoms with Gasteiger partial charge in [0.05, 0.1) is 59.5 Å². The summed E-state index contributed by atoms with van der Waals surface area (Å²) in [6, 6.07) is 12.9. The number of fused-ring (bicyclic) bond motifs is 2. The number of anilines is 1. The van der Waals surface area contributed by atoms with Crippen LogP contribution in [0.15, 0.2) is 59.6 Å². The highest BCUT2D eigenvalue weighted by molar-refractivity contribution is 7.91. The van der Waals surface area contributed by atoms with Crippen LogP contribution in [0, 0.1) is 5.82 Å². The molecule has 2 aliphatic heterocycles. The Morgan fingerprint density at radius 1 is 1.07 bits per heavy atom. The van der Waals surface area contributed by atoms with Crippen LogP contribution in [0.1, 0.15) is 35.5 Å². The minimum absolute atomic E-state index is 0.0358. The smallest absolute Gasteiger partial charge is 0.251 e. The summed E-state index contributed by atoms with van der Waals surface area (Å²) in [5, 5.41) is 3.54. The quantitative estimate of drug-likeness (QED) is 0.370. The number of ether oxygens (including phenoxy) is 2. The SMILES string of the molecule is C[C@@H]1CN(c2ccc(F)c(-c3ccc4cnc(CNC(=O)c5ccc6c(c5)S(=O)(=O)CCOC6)cc4n3)n2)C[C@H](C)O1. The Hall–Kier alpha value is -4.00. The number of nitrogens with one attached hydrogen (secondary N) is 1. The Morgan fingerprint density at radius 3 is 2.69 bits per heavy atom. The van der Waals surface area contributed by atoms with E-state index in [1.165, 1.54) is 12.1 Å². The lowest BCUT2D eigenvalue weighted by Crippen LogP contribution is -2.45. The van der Waals surface area contributed by atoms with Gasteiger partial charge >= 0.3 is 0 Å². The van der Waals surface area contributed by atoms with Crippen molar-refractivity contribution in [3.8, 4) is 11.4 Å². The largest absolute Gasteiger partial charge is 0.376 e. The van der Waals surface area contributed by atoms with Gasteiger partial charge < -0.3 is 19.7 Å². The summed E-state index contributed by atoms with van der Waals surface area (Å²) in [7, 11) is -3.54. The molecule has 0 saturated carbocycles. The normalized spacial score (nSPS) is 20.1. The van der Waals surface area contributed by atoms with Gasteiger partial charge in [0.15, 0.2) is 15.7 Å². The maximum atomic E-state index is 15.0. The third kappa shape index (κ3) is 5.83. The lowest BCUT2D eigenvalue weighted by Gasteiger charge is -2.36. The number of hydrogen-bond donors (Lipinski definition) is 1. The summed E-state index contributed by atoms with van der Waals surface area (Å²) >= 11 is 0. The van der Waals surface area contributed by atoms with Crippen molar-refractivity contribution in [3.63, 3.8) is 0 Å². The van der Waals surface area contributed by atoms with Gasteiger partial charge in [-0.3, -0.25) is 9.78 Å². The van der Waals surface area contributed by atoms with Gasteiger partial charge in [0.2, 0.25) is 0 Å². The predicted molar refractivity (Wildman–Crippen MR) is 154 cm³/mol. The van der Waals surface area contributed by atoms with Crippen LogP contribution in [0.2, 0.25) is 0 Å². The number of carbonyl (C=O) groups excluding carboxylic acids is 1. The molecule has 1 aromatic carbocycles. The van der Waals surface area contributed by atoms with Crippen molar-refractivity contribution in [2.24, 2.45) is 0 Å². The number of aromatic nitrogens is 3. The number of hydrogen-bond acceptors (Lipinski definition) is 9. The van der Waals surface area contributed by atoms with Crippen LogP contribution in [0.5, 0.6) is 0 Å². The highest BCUT2D eigenvalue weighted by atomic mass is 32.2. The number of pyridine rings is 3. The number of halogens is 1. The standard InChI is InChI=1S/C30H30FN5O5S/c1-18-15-36(16-19(2)41-18)28-8-6-24(31)29(35-28)25-7-5-21-13-32-23(12-26(21)34-25)14-33-30(37)20-3-4-22-17-40-9-10-42(38,39)27(22)11-20/h3-8,11-13,18-19H,9-10,14-17H2,1-2H3,(H,33,37)/t18-,19+. The number of amides is 1. The molecule has 6 rings (SSSR count). The fourth-order valence-electron chi connectivity index (χ4n) is 5.28. The van der Waals surface area contributed by atoms with Crippen LogP contribution in [-0.4, -0.2) is 66.9 Å². The number of rotatable bonds is 5. The Morgan fingerprint density at radius 2 is 1.88 bits per heavy atom. The van der Waals surface area contributed by atoms with Crippen LogP contribution >= 0.6 is 0 Å². The molecule has 4 aromatic rings. The molecule has 2 atom stereocenters. The van der Waals surface area contributed by atoms with Crippen molar-refractivity contribution < 1.29 is 27.1 Å². The van der Waals surface area contributed by atoms with E-state index in [9.17, 15) is 17.6 Å². The maximum Gasteiger partial charge on any atom is 0.251 e. The molecule has 0 spiro atoms. The second-order valence-corrected chi connectivity index (χ2v) is 12.7. The molecule has 1 fully saturated rings.